The van der Waals surface area contributed by atoms with E-state index in [0.29, 0.717) is 6.54 Å². The number of carbonyl (C=O) groups is 1. The number of aryl methyl sites for hydroxylation is 1. The van der Waals surface area contributed by atoms with Crippen molar-refractivity contribution >= 4 is 5.91 Å². The van der Waals surface area contributed by atoms with Gasteiger partial charge in [0.2, 0.25) is 5.91 Å². The average molecular weight is 342 g/mol. The van der Waals surface area contributed by atoms with Gasteiger partial charge in [0.05, 0.1) is 25.5 Å². The molecule has 1 aromatic carbocycles. The summed E-state index contributed by atoms with van der Waals surface area (Å²) in [6, 6.07) is 12.1. The zero-order chi connectivity index (χ0) is 17.6. The number of nitrogens with zero attached hydrogens (tertiary/aromatic N) is 1. The van der Waals surface area contributed by atoms with Gasteiger partial charge in [-0.3, -0.25) is 9.69 Å². The van der Waals surface area contributed by atoms with Crippen molar-refractivity contribution in [3.63, 3.8) is 0 Å². The van der Waals surface area contributed by atoms with Crippen LogP contribution in [-0.2, 0) is 11.2 Å². The molecular weight excluding hydrogens is 316 g/mol. The number of furan rings is 1. The Morgan fingerprint density at radius 1 is 1.36 bits per heavy atom. The first-order valence-electron chi connectivity index (χ1n) is 8.94. The van der Waals surface area contributed by atoms with E-state index < -0.39 is 0 Å². The summed E-state index contributed by atoms with van der Waals surface area (Å²) in [5.74, 6) is 0.686. The highest BCUT2D eigenvalue weighted by Crippen LogP contribution is 2.33. The highest BCUT2D eigenvalue weighted by molar-refractivity contribution is 5.78. The first kappa shape index (κ1) is 17.7. The van der Waals surface area contributed by atoms with Gasteiger partial charge in [-0.25, -0.2) is 0 Å². The molecule has 0 saturated heterocycles. The zero-order valence-electron chi connectivity index (χ0n) is 14.6. The summed E-state index contributed by atoms with van der Waals surface area (Å²) in [6.07, 6.45) is 4.81. The highest BCUT2D eigenvalue weighted by atomic mass is 16.3. The summed E-state index contributed by atoms with van der Waals surface area (Å²) in [5, 5.41) is 12.5. The van der Waals surface area contributed by atoms with Crippen LogP contribution >= 0.6 is 0 Å². The maximum absolute atomic E-state index is 12.5. The Morgan fingerprint density at radius 3 is 2.96 bits per heavy atom. The molecule has 0 radical (unpaired) electrons. The fourth-order valence-electron chi connectivity index (χ4n) is 3.66. The molecule has 1 aromatic heterocycles. The van der Waals surface area contributed by atoms with E-state index in [9.17, 15) is 9.90 Å². The van der Waals surface area contributed by atoms with Crippen molar-refractivity contribution in [2.24, 2.45) is 0 Å². The van der Waals surface area contributed by atoms with Gasteiger partial charge in [0, 0.05) is 12.6 Å². The van der Waals surface area contributed by atoms with Crippen molar-refractivity contribution in [3.05, 3.63) is 59.5 Å². The van der Waals surface area contributed by atoms with Crippen molar-refractivity contribution < 1.29 is 14.3 Å². The number of hydrogen-bond acceptors (Lipinski definition) is 4. The number of aliphatic hydroxyl groups excluding tert-OH is 1. The number of carbonyl (C=O) groups excluding carboxylic acids is 1. The van der Waals surface area contributed by atoms with Crippen LogP contribution in [0.15, 0.2) is 47.1 Å². The molecule has 25 heavy (non-hydrogen) atoms. The molecule has 1 heterocycles. The fourth-order valence-corrected chi connectivity index (χ4v) is 3.66. The number of aliphatic hydroxyl groups is 1. The number of rotatable bonds is 7. The molecule has 134 valence electrons. The van der Waals surface area contributed by atoms with Crippen LogP contribution in [0.2, 0.25) is 0 Å². The van der Waals surface area contributed by atoms with Crippen molar-refractivity contribution in [1.29, 1.82) is 0 Å². The lowest BCUT2D eigenvalue weighted by molar-refractivity contribution is -0.123. The molecule has 5 heteroatoms. The third-order valence-corrected chi connectivity index (χ3v) is 4.86. The quantitative estimate of drug-likeness (QED) is 0.812. The van der Waals surface area contributed by atoms with Gasteiger partial charge >= 0.3 is 0 Å². The molecule has 0 aliphatic heterocycles. The number of amides is 1. The van der Waals surface area contributed by atoms with E-state index in [1.54, 1.807) is 6.26 Å². The molecule has 0 bridgehead atoms. The Labute approximate surface area is 148 Å². The van der Waals surface area contributed by atoms with Gasteiger partial charge in [-0.15, -0.1) is 0 Å². The molecular formula is C20H26N2O3. The number of hydrogen-bond donors (Lipinski definition) is 2. The molecule has 1 aliphatic carbocycles. The normalized spacial score (nSPS) is 18.0. The van der Waals surface area contributed by atoms with Crippen LogP contribution in [0.5, 0.6) is 0 Å². The fraction of sp³-hybridized carbons (Fsp3) is 0.450. The Hall–Kier alpha value is -2.11. The minimum absolute atomic E-state index is 0.0414. The molecule has 2 N–H and O–H groups in total. The van der Waals surface area contributed by atoms with Gasteiger partial charge in [-0.2, -0.15) is 0 Å². The second kappa shape index (κ2) is 8.32. The largest absolute Gasteiger partial charge is 0.467 e. The zero-order valence-corrected chi connectivity index (χ0v) is 14.6. The highest BCUT2D eigenvalue weighted by Gasteiger charge is 2.27. The molecule has 0 saturated carbocycles. The summed E-state index contributed by atoms with van der Waals surface area (Å²) < 4.78 is 5.34. The van der Waals surface area contributed by atoms with E-state index in [1.807, 2.05) is 25.1 Å². The standard InChI is InChI=1S/C20H26N2O3/c1-15(19-10-5-13-25-19)21-20(24)14-22(11-12-23)18-9-4-7-16-6-2-3-8-17(16)18/h2-3,5-6,8,10,13,15,18,23H,4,7,9,11-12,14H2,1H3,(H,21,24). The van der Waals surface area contributed by atoms with E-state index in [0.717, 1.165) is 25.0 Å². The lowest BCUT2D eigenvalue weighted by Crippen LogP contribution is -2.42. The van der Waals surface area contributed by atoms with Crippen molar-refractivity contribution in [3.8, 4) is 0 Å². The molecule has 3 rings (SSSR count). The summed E-state index contributed by atoms with van der Waals surface area (Å²) in [5.41, 5.74) is 2.64. The minimum Gasteiger partial charge on any atom is -0.467 e. The maximum Gasteiger partial charge on any atom is 0.234 e. The Morgan fingerprint density at radius 2 is 2.20 bits per heavy atom. The van der Waals surface area contributed by atoms with Gasteiger partial charge in [-0.1, -0.05) is 24.3 Å². The minimum atomic E-state index is -0.169. The maximum atomic E-state index is 12.5. The first-order valence-corrected chi connectivity index (χ1v) is 8.94. The SMILES string of the molecule is CC(NC(=O)CN(CCO)C1CCCc2ccccc21)c1ccco1. The predicted molar refractivity (Wildman–Crippen MR) is 96.0 cm³/mol. The Balaban J connectivity index is 1.68. The second-order valence-electron chi connectivity index (χ2n) is 6.61. The van der Waals surface area contributed by atoms with Crippen LogP contribution in [0.1, 0.15) is 48.7 Å². The van der Waals surface area contributed by atoms with Gasteiger partial charge < -0.3 is 14.8 Å². The Bertz CT molecular complexity index is 684. The van der Waals surface area contributed by atoms with Crippen LogP contribution in [0.4, 0.5) is 0 Å². The van der Waals surface area contributed by atoms with Crippen LogP contribution < -0.4 is 5.32 Å². The van der Waals surface area contributed by atoms with E-state index >= 15 is 0 Å². The van der Waals surface area contributed by atoms with Crippen molar-refractivity contribution in [2.45, 2.75) is 38.3 Å². The molecule has 1 amide bonds. The summed E-state index contributed by atoms with van der Waals surface area (Å²) >= 11 is 0. The second-order valence-corrected chi connectivity index (χ2v) is 6.61. The summed E-state index contributed by atoms with van der Waals surface area (Å²) in [7, 11) is 0. The first-order chi connectivity index (χ1) is 12.2. The predicted octanol–water partition coefficient (Wildman–Crippen LogP) is 2.83. The summed E-state index contributed by atoms with van der Waals surface area (Å²) in [6.45, 7) is 2.70. The average Bonchev–Trinajstić information content (AvgIpc) is 3.15. The lowest BCUT2D eigenvalue weighted by atomic mass is 9.87. The van der Waals surface area contributed by atoms with E-state index in [2.05, 4.69) is 28.4 Å². The van der Waals surface area contributed by atoms with Gasteiger partial charge in [-0.05, 0) is 49.4 Å². The Kier molecular flexibility index (Phi) is 5.89. The molecule has 0 fully saturated rings. The monoisotopic (exact) mass is 342 g/mol. The molecule has 2 aromatic rings. The van der Waals surface area contributed by atoms with Gasteiger partial charge in [0.25, 0.3) is 0 Å². The van der Waals surface area contributed by atoms with Crippen LogP contribution in [0.3, 0.4) is 0 Å². The molecule has 2 unspecified atom stereocenters. The van der Waals surface area contributed by atoms with Crippen molar-refractivity contribution in [2.75, 3.05) is 19.7 Å². The molecule has 2 atom stereocenters. The topological polar surface area (TPSA) is 65.7 Å². The molecule has 5 nitrogen and oxygen atoms in total. The van der Waals surface area contributed by atoms with Gasteiger partial charge in [0.1, 0.15) is 5.76 Å². The smallest absolute Gasteiger partial charge is 0.234 e. The van der Waals surface area contributed by atoms with E-state index in [1.165, 1.54) is 11.1 Å². The number of benzene rings is 1. The third-order valence-electron chi connectivity index (χ3n) is 4.86. The van der Waals surface area contributed by atoms with Crippen LogP contribution in [0.25, 0.3) is 0 Å². The van der Waals surface area contributed by atoms with Crippen LogP contribution in [0, 0.1) is 0 Å². The molecule has 0 spiro atoms. The third kappa shape index (κ3) is 4.30. The van der Waals surface area contributed by atoms with Crippen molar-refractivity contribution in [1.82, 2.24) is 10.2 Å². The number of fused-ring (bicyclic) bond motifs is 1. The van der Waals surface area contributed by atoms with Crippen LogP contribution in [-0.4, -0.2) is 35.6 Å². The number of nitrogens with one attached hydrogen (secondary N) is 1. The lowest BCUT2D eigenvalue weighted by Gasteiger charge is -2.35. The summed E-state index contributed by atoms with van der Waals surface area (Å²) in [4.78, 5) is 14.6. The molecule has 1 aliphatic rings. The van der Waals surface area contributed by atoms with Gasteiger partial charge in [0.15, 0.2) is 0 Å². The van der Waals surface area contributed by atoms with E-state index in [4.69, 9.17) is 4.42 Å². The van der Waals surface area contributed by atoms with E-state index in [-0.39, 0.29) is 31.1 Å².